The van der Waals surface area contributed by atoms with Gasteiger partial charge in [0.05, 0.1) is 5.66 Å². The highest BCUT2D eigenvalue weighted by molar-refractivity contribution is 5.87. The smallest absolute Gasteiger partial charge is 0.244 e. The SMILES string of the molecule is C=CC(=O)NC(N)(CCC)CCC. The Labute approximate surface area is 80.4 Å². The zero-order valence-electron chi connectivity index (χ0n) is 8.60. The number of carbonyl (C=O) groups is 1. The van der Waals surface area contributed by atoms with E-state index in [0.29, 0.717) is 0 Å². The third-order valence-electron chi connectivity index (χ3n) is 1.95. The highest BCUT2D eigenvalue weighted by Gasteiger charge is 2.23. The van der Waals surface area contributed by atoms with Gasteiger partial charge in [0, 0.05) is 0 Å². The normalized spacial score (nSPS) is 11.0. The van der Waals surface area contributed by atoms with Gasteiger partial charge in [0.1, 0.15) is 0 Å². The minimum absolute atomic E-state index is 0.190. The third-order valence-corrected chi connectivity index (χ3v) is 1.95. The fourth-order valence-corrected chi connectivity index (χ4v) is 1.44. The molecular weight excluding hydrogens is 164 g/mol. The maximum atomic E-state index is 11.1. The first-order valence-electron chi connectivity index (χ1n) is 4.81. The molecule has 0 fully saturated rings. The van der Waals surface area contributed by atoms with Crippen molar-refractivity contribution in [2.45, 2.75) is 45.2 Å². The van der Waals surface area contributed by atoms with Crippen LogP contribution in [0.4, 0.5) is 0 Å². The molecule has 0 aliphatic carbocycles. The highest BCUT2D eigenvalue weighted by Crippen LogP contribution is 2.12. The molecule has 0 saturated carbocycles. The van der Waals surface area contributed by atoms with Crippen molar-refractivity contribution in [1.82, 2.24) is 5.32 Å². The summed E-state index contributed by atoms with van der Waals surface area (Å²) in [6.45, 7) is 7.50. The second-order valence-electron chi connectivity index (χ2n) is 3.35. The summed E-state index contributed by atoms with van der Waals surface area (Å²) >= 11 is 0. The van der Waals surface area contributed by atoms with Gasteiger partial charge >= 0.3 is 0 Å². The van der Waals surface area contributed by atoms with Crippen LogP contribution in [0.1, 0.15) is 39.5 Å². The van der Waals surface area contributed by atoms with E-state index < -0.39 is 5.66 Å². The first-order valence-corrected chi connectivity index (χ1v) is 4.81. The minimum Gasteiger partial charge on any atom is -0.335 e. The Kier molecular flexibility index (Phi) is 5.39. The number of nitrogens with two attached hydrogens (primary N) is 1. The monoisotopic (exact) mass is 184 g/mol. The molecule has 0 aromatic carbocycles. The fraction of sp³-hybridized carbons (Fsp3) is 0.700. The first kappa shape index (κ1) is 12.2. The van der Waals surface area contributed by atoms with E-state index in [2.05, 4.69) is 25.7 Å². The summed E-state index contributed by atoms with van der Waals surface area (Å²) in [5.41, 5.74) is 5.47. The lowest BCUT2D eigenvalue weighted by Crippen LogP contribution is -2.55. The predicted molar refractivity (Wildman–Crippen MR) is 55.1 cm³/mol. The zero-order valence-corrected chi connectivity index (χ0v) is 8.60. The Morgan fingerprint density at radius 3 is 2.23 bits per heavy atom. The fourth-order valence-electron chi connectivity index (χ4n) is 1.44. The molecule has 1 amide bonds. The van der Waals surface area contributed by atoms with E-state index in [9.17, 15) is 4.79 Å². The summed E-state index contributed by atoms with van der Waals surface area (Å²) in [6, 6.07) is 0. The molecule has 0 bridgehead atoms. The Morgan fingerprint density at radius 2 is 1.92 bits per heavy atom. The van der Waals surface area contributed by atoms with E-state index in [-0.39, 0.29) is 5.91 Å². The lowest BCUT2D eigenvalue weighted by molar-refractivity contribution is -0.118. The molecule has 3 nitrogen and oxygen atoms in total. The van der Waals surface area contributed by atoms with Crippen LogP contribution in [0.15, 0.2) is 12.7 Å². The van der Waals surface area contributed by atoms with Crippen LogP contribution < -0.4 is 11.1 Å². The van der Waals surface area contributed by atoms with Gasteiger partial charge in [-0.25, -0.2) is 0 Å². The molecule has 0 aliphatic heterocycles. The van der Waals surface area contributed by atoms with Crippen molar-refractivity contribution in [2.24, 2.45) is 5.73 Å². The third kappa shape index (κ3) is 4.68. The highest BCUT2D eigenvalue weighted by atomic mass is 16.1. The van der Waals surface area contributed by atoms with Crippen LogP contribution in [0.2, 0.25) is 0 Å². The summed E-state index contributed by atoms with van der Waals surface area (Å²) in [6.07, 6.45) is 4.80. The van der Waals surface area contributed by atoms with Crippen molar-refractivity contribution < 1.29 is 4.79 Å². The number of nitrogens with one attached hydrogen (secondary N) is 1. The average molecular weight is 184 g/mol. The summed E-state index contributed by atoms with van der Waals surface area (Å²) in [4.78, 5) is 11.1. The number of hydrogen-bond donors (Lipinski definition) is 2. The zero-order chi connectivity index (χ0) is 10.3. The van der Waals surface area contributed by atoms with Gasteiger partial charge in [-0.05, 0) is 18.9 Å². The second kappa shape index (κ2) is 5.75. The van der Waals surface area contributed by atoms with Gasteiger partial charge in [-0.3, -0.25) is 4.79 Å². The van der Waals surface area contributed by atoms with Crippen LogP contribution in [0.5, 0.6) is 0 Å². The predicted octanol–water partition coefficient (Wildman–Crippen LogP) is 1.54. The van der Waals surface area contributed by atoms with E-state index in [1.165, 1.54) is 6.08 Å². The van der Waals surface area contributed by atoms with Crippen LogP contribution in [0, 0.1) is 0 Å². The molecule has 0 unspecified atom stereocenters. The standard InChI is InChI=1S/C10H20N2O/c1-4-7-10(11,8-5-2)12-9(13)6-3/h6H,3-5,7-8,11H2,1-2H3,(H,12,13). The molecule has 0 aliphatic rings. The first-order chi connectivity index (χ1) is 6.08. The molecule has 0 spiro atoms. The summed E-state index contributed by atoms with van der Waals surface area (Å²) in [5, 5.41) is 2.77. The molecule has 0 aromatic rings. The number of amides is 1. The number of carbonyl (C=O) groups excluding carboxylic acids is 1. The van der Waals surface area contributed by atoms with Gasteiger partial charge in [0.2, 0.25) is 5.91 Å². The number of hydrogen-bond acceptors (Lipinski definition) is 2. The Bertz CT molecular complexity index is 172. The van der Waals surface area contributed by atoms with E-state index in [4.69, 9.17) is 5.73 Å². The molecule has 0 rings (SSSR count). The molecule has 3 heteroatoms. The molecule has 0 atom stereocenters. The van der Waals surface area contributed by atoms with Gasteiger partial charge in [-0.2, -0.15) is 0 Å². The lowest BCUT2D eigenvalue weighted by Gasteiger charge is -2.29. The van der Waals surface area contributed by atoms with Crippen LogP contribution in [-0.4, -0.2) is 11.6 Å². The summed E-state index contributed by atoms with van der Waals surface area (Å²) < 4.78 is 0. The topological polar surface area (TPSA) is 55.1 Å². The minimum atomic E-state index is -0.547. The van der Waals surface area contributed by atoms with E-state index >= 15 is 0 Å². The van der Waals surface area contributed by atoms with Crippen molar-refractivity contribution in [3.05, 3.63) is 12.7 Å². The molecule has 0 saturated heterocycles. The average Bonchev–Trinajstić information content (AvgIpc) is 2.04. The summed E-state index contributed by atoms with van der Waals surface area (Å²) in [5.74, 6) is -0.190. The van der Waals surface area contributed by atoms with Crippen molar-refractivity contribution in [2.75, 3.05) is 0 Å². The lowest BCUT2D eigenvalue weighted by atomic mass is 9.99. The largest absolute Gasteiger partial charge is 0.335 e. The van der Waals surface area contributed by atoms with Gasteiger partial charge in [0.15, 0.2) is 0 Å². The van der Waals surface area contributed by atoms with E-state index in [1.54, 1.807) is 0 Å². The van der Waals surface area contributed by atoms with Gasteiger partial charge < -0.3 is 11.1 Å². The Hall–Kier alpha value is -0.830. The maximum Gasteiger partial charge on any atom is 0.244 e. The summed E-state index contributed by atoms with van der Waals surface area (Å²) in [7, 11) is 0. The molecule has 3 N–H and O–H groups in total. The Balaban J connectivity index is 4.21. The van der Waals surface area contributed by atoms with Crippen molar-refractivity contribution in [1.29, 1.82) is 0 Å². The van der Waals surface area contributed by atoms with Gasteiger partial charge in [-0.15, -0.1) is 0 Å². The van der Waals surface area contributed by atoms with E-state index in [1.807, 2.05) is 0 Å². The molecule has 76 valence electrons. The molecule has 13 heavy (non-hydrogen) atoms. The molecule has 0 radical (unpaired) electrons. The van der Waals surface area contributed by atoms with Gasteiger partial charge in [0.25, 0.3) is 0 Å². The second-order valence-corrected chi connectivity index (χ2v) is 3.35. The quantitative estimate of drug-likeness (QED) is 0.486. The van der Waals surface area contributed by atoms with Crippen molar-refractivity contribution >= 4 is 5.91 Å². The van der Waals surface area contributed by atoms with Crippen molar-refractivity contribution in [3.63, 3.8) is 0 Å². The maximum absolute atomic E-state index is 11.1. The number of rotatable bonds is 6. The van der Waals surface area contributed by atoms with Crippen LogP contribution >= 0.6 is 0 Å². The van der Waals surface area contributed by atoms with E-state index in [0.717, 1.165) is 25.7 Å². The van der Waals surface area contributed by atoms with Crippen LogP contribution in [0.25, 0.3) is 0 Å². The molecular formula is C10H20N2O. The van der Waals surface area contributed by atoms with Crippen molar-refractivity contribution in [3.8, 4) is 0 Å². The molecule has 0 heterocycles. The van der Waals surface area contributed by atoms with Crippen LogP contribution in [0.3, 0.4) is 0 Å². The van der Waals surface area contributed by atoms with Crippen LogP contribution in [-0.2, 0) is 4.79 Å². The Morgan fingerprint density at radius 1 is 1.46 bits per heavy atom. The van der Waals surface area contributed by atoms with Gasteiger partial charge in [-0.1, -0.05) is 33.3 Å². The molecule has 0 aromatic heterocycles.